The Kier molecular flexibility index (Phi) is 2.99. The molecule has 0 radical (unpaired) electrons. The first-order chi connectivity index (χ1) is 7.28. The van der Waals surface area contributed by atoms with Crippen molar-refractivity contribution in [2.24, 2.45) is 5.92 Å². The van der Waals surface area contributed by atoms with Gasteiger partial charge >= 0.3 is 0 Å². The van der Waals surface area contributed by atoms with Gasteiger partial charge < -0.3 is 15.2 Å². The number of hydrogen-bond acceptors (Lipinski definition) is 3. The van der Waals surface area contributed by atoms with E-state index in [1.165, 1.54) is 12.8 Å². The Bertz CT molecular complexity index is 334. The van der Waals surface area contributed by atoms with E-state index in [-0.39, 0.29) is 0 Å². The summed E-state index contributed by atoms with van der Waals surface area (Å²) in [5.74, 6) is 2.34. The third-order valence-electron chi connectivity index (χ3n) is 2.40. The fraction of sp³-hybridized carbons (Fsp3) is 0.500. The molecule has 1 aliphatic rings. The molecule has 0 atom stereocenters. The molecule has 0 aromatic heterocycles. The SMILES string of the molecule is CCOc1cc(N)cc(OCC2CC2)c1. The van der Waals surface area contributed by atoms with Crippen molar-refractivity contribution in [1.82, 2.24) is 0 Å². The average molecular weight is 207 g/mol. The molecule has 0 amide bonds. The monoisotopic (exact) mass is 207 g/mol. The van der Waals surface area contributed by atoms with Gasteiger partial charge in [0.1, 0.15) is 11.5 Å². The Morgan fingerprint density at radius 3 is 2.47 bits per heavy atom. The summed E-state index contributed by atoms with van der Waals surface area (Å²) in [5.41, 5.74) is 6.44. The van der Waals surface area contributed by atoms with Gasteiger partial charge in [0.05, 0.1) is 13.2 Å². The van der Waals surface area contributed by atoms with E-state index in [2.05, 4.69) is 0 Å². The summed E-state index contributed by atoms with van der Waals surface area (Å²) in [6, 6.07) is 5.54. The Balaban J connectivity index is 2.00. The maximum atomic E-state index is 5.75. The fourth-order valence-corrected chi connectivity index (χ4v) is 1.43. The van der Waals surface area contributed by atoms with Crippen LogP contribution in [0.4, 0.5) is 5.69 Å². The number of rotatable bonds is 5. The quantitative estimate of drug-likeness (QED) is 0.754. The van der Waals surface area contributed by atoms with Crippen LogP contribution in [0.5, 0.6) is 11.5 Å². The molecule has 0 heterocycles. The molecule has 1 aromatic rings. The highest BCUT2D eigenvalue weighted by atomic mass is 16.5. The number of hydrogen-bond donors (Lipinski definition) is 1. The van der Waals surface area contributed by atoms with Crippen molar-refractivity contribution in [3.8, 4) is 11.5 Å². The molecular weight excluding hydrogens is 190 g/mol. The first-order valence-corrected chi connectivity index (χ1v) is 5.44. The molecule has 3 heteroatoms. The van der Waals surface area contributed by atoms with Crippen LogP contribution < -0.4 is 15.2 Å². The van der Waals surface area contributed by atoms with E-state index in [0.717, 1.165) is 24.0 Å². The molecule has 1 fully saturated rings. The van der Waals surface area contributed by atoms with Gasteiger partial charge in [-0.1, -0.05) is 0 Å². The lowest BCUT2D eigenvalue weighted by atomic mass is 10.3. The van der Waals surface area contributed by atoms with Gasteiger partial charge in [-0.05, 0) is 25.7 Å². The third-order valence-corrected chi connectivity index (χ3v) is 2.40. The second-order valence-electron chi connectivity index (χ2n) is 3.93. The smallest absolute Gasteiger partial charge is 0.125 e. The van der Waals surface area contributed by atoms with E-state index in [1.807, 2.05) is 25.1 Å². The summed E-state index contributed by atoms with van der Waals surface area (Å²) in [5, 5.41) is 0. The van der Waals surface area contributed by atoms with Crippen LogP contribution >= 0.6 is 0 Å². The number of anilines is 1. The maximum absolute atomic E-state index is 5.75. The van der Waals surface area contributed by atoms with E-state index in [9.17, 15) is 0 Å². The van der Waals surface area contributed by atoms with Crippen molar-refractivity contribution >= 4 is 5.69 Å². The minimum atomic E-state index is 0.644. The van der Waals surface area contributed by atoms with Crippen molar-refractivity contribution in [1.29, 1.82) is 0 Å². The van der Waals surface area contributed by atoms with Crippen LogP contribution in [0.2, 0.25) is 0 Å². The Morgan fingerprint density at radius 2 is 1.87 bits per heavy atom. The van der Waals surface area contributed by atoms with E-state index >= 15 is 0 Å². The largest absolute Gasteiger partial charge is 0.494 e. The molecule has 2 N–H and O–H groups in total. The summed E-state index contributed by atoms with van der Waals surface area (Å²) in [6.07, 6.45) is 2.58. The van der Waals surface area contributed by atoms with Gasteiger partial charge in [0.25, 0.3) is 0 Å². The number of nitrogen functional groups attached to an aromatic ring is 1. The van der Waals surface area contributed by atoms with Gasteiger partial charge in [0, 0.05) is 23.9 Å². The number of benzene rings is 1. The molecule has 2 rings (SSSR count). The first kappa shape index (κ1) is 10.1. The molecule has 82 valence electrons. The number of ether oxygens (including phenoxy) is 2. The molecule has 0 unspecified atom stereocenters. The minimum absolute atomic E-state index is 0.644. The van der Waals surface area contributed by atoms with E-state index in [0.29, 0.717) is 12.3 Å². The highest BCUT2D eigenvalue weighted by molar-refractivity contribution is 5.50. The lowest BCUT2D eigenvalue weighted by Crippen LogP contribution is -2.00. The van der Waals surface area contributed by atoms with Gasteiger partial charge in [0.15, 0.2) is 0 Å². The molecule has 0 saturated heterocycles. The standard InChI is InChI=1S/C12H17NO2/c1-2-14-11-5-10(13)6-12(7-11)15-8-9-3-4-9/h5-7,9H,2-4,8,13H2,1H3. The highest BCUT2D eigenvalue weighted by Crippen LogP contribution is 2.31. The molecule has 15 heavy (non-hydrogen) atoms. The van der Waals surface area contributed by atoms with Gasteiger partial charge in [0.2, 0.25) is 0 Å². The van der Waals surface area contributed by atoms with Crippen LogP contribution in [0.1, 0.15) is 19.8 Å². The lowest BCUT2D eigenvalue weighted by Gasteiger charge is -2.09. The lowest BCUT2D eigenvalue weighted by molar-refractivity contribution is 0.294. The zero-order valence-electron chi connectivity index (χ0n) is 9.03. The van der Waals surface area contributed by atoms with E-state index in [4.69, 9.17) is 15.2 Å². The maximum Gasteiger partial charge on any atom is 0.125 e. The van der Waals surface area contributed by atoms with Gasteiger partial charge in [-0.3, -0.25) is 0 Å². The predicted octanol–water partition coefficient (Wildman–Crippen LogP) is 2.46. The summed E-state index contributed by atoms with van der Waals surface area (Å²) < 4.78 is 11.0. The van der Waals surface area contributed by atoms with Crippen LogP contribution in [0.25, 0.3) is 0 Å². The zero-order chi connectivity index (χ0) is 10.7. The van der Waals surface area contributed by atoms with Gasteiger partial charge in [-0.2, -0.15) is 0 Å². The molecule has 1 aromatic carbocycles. The van der Waals surface area contributed by atoms with E-state index < -0.39 is 0 Å². The van der Waals surface area contributed by atoms with Crippen molar-refractivity contribution in [2.45, 2.75) is 19.8 Å². The Morgan fingerprint density at radius 1 is 1.20 bits per heavy atom. The van der Waals surface area contributed by atoms with Crippen LogP contribution in [0.3, 0.4) is 0 Å². The summed E-state index contributed by atoms with van der Waals surface area (Å²) in [7, 11) is 0. The second kappa shape index (κ2) is 4.43. The third kappa shape index (κ3) is 3.05. The van der Waals surface area contributed by atoms with E-state index in [1.54, 1.807) is 0 Å². The first-order valence-electron chi connectivity index (χ1n) is 5.44. The molecule has 0 spiro atoms. The van der Waals surface area contributed by atoms with Crippen LogP contribution in [-0.2, 0) is 0 Å². The minimum Gasteiger partial charge on any atom is -0.494 e. The Hall–Kier alpha value is -1.38. The molecule has 0 bridgehead atoms. The normalized spacial score (nSPS) is 15.0. The summed E-state index contributed by atoms with van der Waals surface area (Å²) >= 11 is 0. The second-order valence-corrected chi connectivity index (χ2v) is 3.93. The van der Waals surface area contributed by atoms with Gasteiger partial charge in [-0.15, -0.1) is 0 Å². The molecule has 1 saturated carbocycles. The fourth-order valence-electron chi connectivity index (χ4n) is 1.43. The summed E-state index contributed by atoms with van der Waals surface area (Å²) in [6.45, 7) is 3.40. The number of nitrogens with two attached hydrogens (primary N) is 1. The Labute approximate surface area is 90.2 Å². The van der Waals surface area contributed by atoms with Crippen LogP contribution in [-0.4, -0.2) is 13.2 Å². The topological polar surface area (TPSA) is 44.5 Å². The highest BCUT2D eigenvalue weighted by Gasteiger charge is 2.21. The molecule has 0 aliphatic heterocycles. The van der Waals surface area contributed by atoms with Crippen LogP contribution in [0, 0.1) is 5.92 Å². The van der Waals surface area contributed by atoms with Crippen molar-refractivity contribution in [3.63, 3.8) is 0 Å². The van der Waals surface area contributed by atoms with Crippen molar-refractivity contribution < 1.29 is 9.47 Å². The van der Waals surface area contributed by atoms with Crippen LogP contribution in [0.15, 0.2) is 18.2 Å². The molecular formula is C12H17NO2. The molecule has 1 aliphatic carbocycles. The predicted molar refractivity (Wildman–Crippen MR) is 60.2 cm³/mol. The average Bonchev–Trinajstić information content (AvgIpc) is 2.98. The molecule has 3 nitrogen and oxygen atoms in total. The van der Waals surface area contributed by atoms with Crippen molar-refractivity contribution in [3.05, 3.63) is 18.2 Å². The zero-order valence-corrected chi connectivity index (χ0v) is 9.03. The summed E-state index contributed by atoms with van der Waals surface area (Å²) in [4.78, 5) is 0. The van der Waals surface area contributed by atoms with Gasteiger partial charge in [-0.25, -0.2) is 0 Å². The van der Waals surface area contributed by atoms with Crippen molar-refractivity contribution in [2.75, 3.05) is 18.9 Å².